The molecule has 0 radical (unpaired) electrons. The summed E-state index contributed by atoms with van der Waals surface area (Å²) in [4.78, 5) is 13.3. The van der Waals surface area contributed by atoms with Crippen LogP contribution in [0.15, 0.2) is 51.7 Å². The molecule has 2 aromatic carbocycles. The number of anilines is 3. The van der Waals surface area contributed by atoms with E-state index in [1.54, 1.807) is 11.8 Å². The molecule has 3 aromatic rings. The predicted octanol–water partition coefficient (Wildman–Crippen LogP) is 5.35. The minimum absolute atomic E-state index is 0.0582. The van der Waals surface area contributed by atoms with Gasteiger partial charge >= 0.3 is 0 Å². The highest BCUT2D eigenvalue weighted by Gasteiger charge is 2.09. The van der Waals surface area contributed by atoms with Crippen LogP contribution in [0.1, 0.15) is 11.1 Å². The van der Waals surface area contributed by atoms with Gasteiger partial charge in [0, 0.05) is 16.3 Å². The fraction of sp³-hybridized carbons (Fsp3) is 0.211. The molecule has 140 valence electrons. The van der Waals surface area contributed by atoms with E-state index in [2.05, 4.69) is 46.8 Å². The molecule has 5 nitrogen and oxygen atoms in total. The number of benzene rings is 2. The third-order valence-corrected chi connectivity index (χ3v) is 6.54. The third-order valence-electron chi connectivity index (χ3n) is 3.84. The molecule has 0 aliphatic rings. The van der Waals surface area contributed by atoms with E-state index in [0.717, 1.165) is 20.6 Å². The number of thioether (sulfide) groups is 2. The summed E-state index contributed by atoms with van der Waals surface area (Å²) in [7, 11) is 0. The second kappa shape index (κ2) is 9.25. The number of nitrogens with zero attached hydrogens (tertiary/aromatic N) is 2. The number of carbonyl (C=O) groups excluding carboxylic acids is 1. The van der Waals surface area contributed by atoms with E-state index in [-0.39, 0.29) is 5.91 Å². The molecule has 27 heavy (non-hydrogen) atoms. The van der Waals surface area contributed by atoms with Crippen molar-refractivity contribution in [3.63, 3.8) is 0 Å². The minimum atomic E-state index is -0.0582. The van der Waals surface area contributed by atoms with Gasteiger partial charge in [-0.2, -0.15) is 0 Å². The summed E-state index contributed by atoms with van der Waals surface area (Å²) in [6, 6.07) is 14.0. The molecule has 1 aromatic heterocycles. The van der Waals surface area contributed by atoms with Crippen LogP contribution in [0.25, 0.3) is 0 Å². The third kappa shape index (κ3) is 5.72. The number of amides is 1. The van der Waals surface area contributed by atoms with E-state index < -0.39 is 0 Å². The van der Waals surface area contributed by atoms with Crippen LogP contribution in [-0.2, 0) is 4.79 Å². The zero-order valence-corrected chi connectivity index (χ0v) is 17.7. The van der Waals surface area contributed by atoms with Crippen molar-refractivity contribution in [2.75, 3.05) is 22.6 Å². The molecule has 0 spiro atoms. The summed E-state index contributed by atoms with van der Waals surface area (Å²) in [5.74, 6) is 0.235. The molecule has 2 N–H and O–H groups in total. The maximum absolute atomic E-state index is 12.2. The molecular formula is C19H20N4OS3. The molecule has 0 unspecified atom stereocenters. The van der Waals surface area contributed by atoms with E-state index in [1.165, 1.54) is 34.2 Å². The molecule has 1 amide bonds. The van der Waals surface area contributed by atoms with Gasteiger partial charge in [-0.15, -0.1) is 22.0 Å². The first-order valence-corrected chi connectivity index (χ1v) is 11.3. The van der Waals surface area contributed by atoms with Gasteiger partial charge in [-0.25, -0.2) is 0 Å². The summed E-state index contributed by atoms with van der Waals surface area (Å²) in [5, 5.41) is 15.2. The van der Waals surface area contributed by atoms with Crippen molar-refractivity contribution >= 4 is 57.3 Å². The zero-order valence-electron chi connectivity index (χ0n) is 15.3. The van der Waals surface area contributed by atoms with Crippen molar-refractivity contribution in [2.24, 2.45) is 0 Å². The number of hydrogen-bond acceptors (Lipinski definition) is 7. The van der Waals surface area contributed by atoms with Gasteiger partial charge in [-0.1, -0.05) is 35.2 Å². The summed E-state index contributed by atoms with van der Waals surface area (Å²) < 4.78 is 0.759. The molecule has 8 heteroatoms. The van der Waals surface area contributed by atoms with Crippen molar-refractivity contribution in [1.29, 1.82) is 0 Å². The standard InChI is InChI=1S/C19H20N4OS3/c1-12-7-8-15(9-13(12)2)21-18-22-23-19(27-18)26-11-17(24)20-14-5-4-6-16(10-14)25-3/h4-10H,11H2,1-3H3,(H,20,24)(H,21,22). The average Bonchev–Trinajstić information content (AvgIpc) is 3.10. The highest BCUT2D eigenvalue weighted by molar-refractivity contribution is 8.01. The Bertz CT molecular complexity index is 942. The number of carbonyl (C=O) groups is 1. The van der Waals surface area contributed by atoms with Gasteiger partial charge in [0.25, 0.3) is 0 Å². The van der Waals surface area contributed by atoms with Crippen molar-refractivity contribution < 1.29 is 4.79 Å². The molecule has 0 aliphatic heterocycles. The largest absolute Gasteiger partial charge is 0.330 e. The van der Waals surface area contributed by atoms with Gasteiger partial charge in [-0.3, -0.25) is 4.79 Å². The lowest BCUT2D eigenvalue weighted by molar-refractivity contribution is -0.113. The topological polar surface area (TPSA) is 66.9 Å². The number of rotatable bonds is 7. The van der Waals surface area contributed by atoms with E-state index in [4.69, 9.17) is 0 Å². The van der Waals surface area contributed by atoms with Gasteiger partial charge in [-0.05, 0) is 61.6 Å². The quantitative estimate of drug-likeness (QED) is 0.506. The number of nitrogens with one attached hydrogen (secondary N) is 2. The lowest BCUT2D eigenvalue weighted by Gasteiger charge is -2.05. The van der Waals surface area contributed by atoms with Crippen molar-refractivity contribution in [3.8, 4) is 0 Å². The maximum atomic E-state index is 12.2. The Kier molecular flexibility index (Phi) is 6.76. The smallest absolute Gasteiger partial charge is 0.234 e. The minimum Gasteiger partial charge on any atom is -0.330 e. The monoisotopic (exact) mass is 416 g/mol. The van der Waals surface area contributed by atoms with Crippen LogP contribution in [-0.4, -0.2) is 28.1 Å². The molecule has 0 atom stereocenters. The predicted molar refractivity (Wildman–Crippen MR) is 117 cm³/mol. The van der Waals surface area contributed by atoms with Crippen LogP contribution in [0.3, 0.4) is 0 Å². The fourth-order valence-corrected chi connectivity index (χ4v) is 4.32. The van der Waals surface area contributed by atoms with Crippen LogP contribution in [0, 0.1) is 13.8 Å². The molecule has 0 fully saturated rings. The van der Waals surface area contributed by atoms with E-state index in [1.807, 2.05) is 36.6 Å². The van der Waals surface area contributed by atoms with Gasteiger partial charge in [0.05, 0.1) is 5.75 Å². The van der Waals surface area contributed by atoms with Crippen LogP contribution < -0.4 is 10.6 Å². The number of hydrogen-bond donors (Lipinski definition) is 2. The first-order valence-electron chi connectivity index (χ1n) is 8.28. The van der Waals surface area contributed by atoms with Crippen LogP contribution in [0.4, 0.5) is 16.5 Å². The molecule has 0 bridgehead atoms. The van der Waals surface area contributed by atoms with E-state index in [0.29, 0.717) is 10.9 Å². The molecule has 3 rings (SSSR count). The maximum Gasteiger partial charge on any atom is 0.234 e. The summed E-state index contributed by atoms with van der Waals surface area (Å²) in [6.07, 6.45) is 2.01. The van der Waals surface area contributed by atoms with Gasteiger partial charge in [0.15, 0.2) is 4.34 Å². The van der Waals surface area contributed by atoms with Gasteiger partial charge in [0.2, 0.25) is 11.0 Å². The summed E-state index contributed by atoms with van der Waals surface area (Å²) in [6.45, 7) is 4.16. The highest BCUT2D eigenvalue weighted by Crippen LogP contribution is 2.28. The second-order valence-electron chi connectivity index (χ2n) is 5.87. The Hall–Kier alpha value is -2.03. The van der Waals surface area contributed by atoms with Crippen molar-refractivity contribution in [1.82, 2.24) is 10.2 Å². The van der Waals surface area contributed by atoms with Gasteiger partial charge in [0.1, 0.15) is 0 Å². The summed E-state index contributed by atoms with van der Waals surface area (Å²) >= 11 is 4.47. The molecule has 0 saturated carbocycles. The van der Waals surface area contributed by atoms with Crippen LogP contribution in [0.5, 0.6) is 0 Å². The SMILES string of the molecule is CSc1cccc(NC(=O)CSc2nnc(Nc3ccc(C)c(C)c3)s2)c1. The second-order valence-corrected chi connectivity index (χ2v) is 8.95. The zero-order chi connectivity index (χ0) is 19.2. The van der Waals surface area contributed by atoms with Gasteiger partial charge < -0.3 is 10.6 Å². The molecule has 0 aliphatic carbocycles. The fourth-order valence-electron chi connectivity index (χ4n) is 2.29. The molecule has 0 saturated heterocycles. The van der Waals surface area contributed by atoms with Crippen molar-refractivity contribution in [2.45, 2.75) is 23.1 Å². The Morgan fingerprint density at radius 3 is 2.70 bits per heavy atom. The lowest BCUT2D eigenvalue weighted by Crippen LogP contribution is -2.13. The average molecular weight is 417 g/mol. The summed E-state index contributed by atoms with van der Waals surface area (Å²) in [5.41, 5.74) is 4.27. The Morgan fingerprint density at radius 1 is 1.07 bits per heavy atom. The van der Waals surface area contributed by atoms with Crippen molar-refractivity contribution in [3.05, 3.63) is 53.6 Å². The Balaban J connectivity index is 1.52. The highest BCUT2D eigenvalue weighted by atomic mass is 32.2. The number of aromatic nitrogens is 2. The lowest BCUT2D eigenvalue weighted by atomic mass is 10.1. The van der Waals surface area contributed by atoms with E-state index >= 15 is 0 Å². The first kappa shape index (κ1) is 19.7. The normalized spacial score (nSPS) is 10.6. The molecule has 1 heterocycles. The first-order chi connectivity index (χ1) is 13.0. The van der Waals surface area contributed by atoms with Crippen LogP contribution in [0.2, 0.25) is 0 Å². The molecular weight excluding hydrogens is 396 g/mol. The Labute approximate surface area is 171 Å². The van der Waals surface area contributed by atoms with E-state index in [9.17, 15) is 4.79 Å². The Morgan fingerprint density at radius 2 is 1.93 bits per heavy atom. The van der Waals surface area contributed by atoms with Crippen LogP contribution >= 0.6 is 34.9 Å². The number of aryl methyl sites for hydroxylation is 2.